The second-order valence-electron chi connectivity index (χ2n) is 8.05. The van der Waals surface area contributed by atoms with E-state index in [9.17, 15) is 4.79 Å². The molecule has 2 N–H and O–H groups in total. The number of aromatic amines is 1. The van der Waals surface area contributed by atoms with Gasteiger partial charge in [-0.3, -0.25) is 9.78 Å². The van der Waals surface area contributed by atoms with E-state index in [1.165, 1.54) is 16.9 Å². The van der Waals surface area contributed by atoms with Crippen molar-refractivity contribution in [2.75, 3.05) is 38.1 Å². The highest BCUT2D eigenvalue weighted by Gasteiger charge is 2.21. The molecule has 30 heavy (non-hydrogen) atoms. The Bertz CT molecular complexity index is 975. The molecule has 4 rings (SSSR count). The van der Waals surface area contributed by atoms with Gasteiger partial charge in [0.2, 0.25) is 0 Å². The van der Waals surface area contributed by atoms with Crippen molar-refractivity contribution in [3.05, 3.63) is 41.3 Å². The van der Waals surface area contributed by atoms with Crippen molar-refractivity contribution in [1.29, 1.82) is 0 Å². The van der Waals surface area contributed by atoms with Crippen molar-refractivity contribution in [2.45, 2.75) is 38.6 Å². The number of carbonyl (C=O) groups is 1. The molecule has 8 heteroatoms. The lowest BCUT2D eigenvalue weighted by atomic mass is 10.0. The van der Waals surface area contributed by atoms with Crippen molar-refractivity contribution in [3.63, 3.8) is 0 Å². The van der Waals surface area contributed by atoms with E-state index in [0.717, 1.165) is 67.9 Å². The standard InChI is InChI=1S/C22H30N6OS/c1-3-4-5-17(12-16-13-24-19-6-7-23-14-18(16)19)26-21(29)20-15-25-22(30-20)28-10-8-27(2)9-11-28/h6-7,13-15,17,24H,3-5,8-12H2,1-2H3,(H,26,29). The van der Waals surface area contributed by atoms with Gasteiger partial charge in [0.05, 0.1) is 6.20 Å². The third-order valence-electron chi connectivity index (χ3n) is 5.77. The van der Waals surface area contributed by atoms with Gasteiger partial charge >= 0.3 is 0 Å². The molecule has 0 saturated carbocycles. The highest BCUT2D eigenvalue weighted by Crippen LogP contribution is 2.24. The summed E-state index contributed by atoms with van der Waals surface area (Å²) in [6.07, 6.45) is 11.4. The molecule has 0 aromatic carbocycles. The van der Waals surface area contributed by atoms with Crippen LogP contribution in [0.3, 0.4) is 0 Å². The van der Waals surface area contributed by atoms with Gasteiger partial charge in [0.25, 0.3) is 5.91 Å². The highest BCUT2D eigenvalue weighted by atomic mass is 32.1. The fourth-order valence-corrected chi connectivity index (χ4v) is 4.77. The topological polar surface area (TPSA) is 77.1 Å². The maximum atomic E-state index is 13.0. The van der Waals surface area contributed by atoms with Crippen LogP contribution >= 0.6 is 11.3 Å². The van der Waals surface area contributed by atoms with Gasteiger partial charge in [-0.05, 0) is 31.5 Å². The lowest BCUT2D eigenvalue weighted by Crippen LogP contribution is -2.44. The molecular weight excluding hydrogens is 396 g/mol. The predicted molar refractivity (Wildman–Crippen MR) is 122 cm³/mol. The number of H-pyrrole nitrogens is 1. The van der Waals surface area contributed by atoms with Crippen LogP contribution in [0.1, 0.15) is 41.4 Å². The van der Waals surface area contributed by atoms with Crippen molar-refractivity contribution < 1.29 is 4.79 Å². The van der Waals surface area contributed by atoms with E-state index in [-0.39, 0.29) is 11.9 Å². The average Bonchev–Trinajstić information content (AvgIpc) is 3.40. The number of hydrogen-bond donors (Lipinski definition) is 2. The first-order valence-corrected chi connectivity index (χ1v) is 11.6. The quantitative estimate of drug-likeness (QED) is 0.578. The van der Waals surface area contributed by atoms with E-state index >= 15 is 0 Å². The Kier molecular flexibility index (Phi) is 6.64. The summed E-state index contributed by atoms with van der Waals surface area (Å²) >= 11 is 1.49. The van der Waals surface area contributed by atoms with Gasteiger partial charge in [0.1, 0.15) is 4.88 Å². The Morgan fingerprint density at radius 2 is 2.13 bits per heavy atom. The molecule has 1 atom stereocenters. The van der Waals surface area contributed by atoms with Crippen LogP contribution in [-0.2, 0) is 6.42 Å². The Hall–Kier alpha value is -2.45. The second-order valence-corrected chi connectivity index (χ2v) is 9.06. The molecule has 1 amide bonds. The van der Waals surface area contributed by atoms with Gasteiger partial charge in [-0.25, -0.2) is 4.98 Å². The third-order valence-corrected chi connectivity index (χ3v) is 6.82. The molecule has 4 heterocycles. The maximum Gasteiger partial charge on any atom is 0.263 e. The van der Waals surface area contributed by atoms with Gasteiger partial charge in [-0.15, -0.1) is 0 Å². The van der Waals surface area contributed by atoms with Crippen LogP contribution in [0.15, 0.2) is 30.9 Å². The fourth-order valence-electron chi connectivity index (χ4n) is 3.90. The summed E-state index contributed by atoms with van der Waals surface area (Å²) in [7, 11) is 2.14. The minimum Gasteiger partial charge on any atom is -0.361 e. The molecule has 1 saturated heterocycles. The Labute approximate surface area is 181 Å². The number of thiazole rings is 1. The Balaban J connectivity index is 1.43. The zero-order chi connectivity index (χ0) is 20.9. The van der Waals surface area contributed by atoms with E-state index in [4.69, 9.17) is 0 Å². The monoisotopic (exact) mass is 426 g/mol. The average molecular weight is 427 g/mol. The lowest BCUT2D eigenvalue weighted by Gasteiger charge is -2.32. The summed E-state index contributed by atoms with van der Waals surface area (Å²) in [5.74, 6) is -0.0213. The van der Waals surface area contributed by atoms with E-state index in [2.05, 4.69) is 44.0 Å². The number of pyridine rings is 1. The van der Waals surface area contributed by atoms with Crippen LogP contribution in [0, 0.1) is 0 Å². The van der Waals surface area contributed by atoms with Gasteiger partial charge < -0.3 is 20.1 Å². The van der Waals surface area contributed by atoms with Crippen LogP contribution < -0.4 is 10.2 Å². The number of nitrogens with zero attached hydrogens (tertiary/aromatic N) is 4. The minimum absolute atomic E-state index is 0.0213. The predicted octanol–water partition coefficient (Wildman–Crippen LogP) is 3.30. The molecule has 3 aromatic rings. The molecule has 3 aromatic heterocycles. The van der Waals surface area contributed by atoms with Crippen LogP contribution in [0.25, 0.3) is 10.9 Å². The van der Waals surface area contributed by atoms with Crippen molar-refractivity contribution in [1.82, 2.24) is 25.2 Å². The molecule has 1 unspecified atom stereocenters. The van der Waals surface area contributed by atoms with Crippen molar-refractivity contribution in [3.8, 4) is 0 Å². The first-order valence-electron chi connectivity index (χ1n) is 10.7. The third kappa shape index (κ3) is 4.82. The second kappa shape index (κ2) is 9.57. The zero-order valence-electron chi connectivity index (χ0n) is 17.7. The van der Waals surface area contributed by atoms with Crippen LogP contribution in [0.5, 0.6) is 0 Å². The largest absolute Gasteiger partial charge is 0.361 e. The first kappa shape index (κ1) is 20.8. The summed E-state index contributed by atoms with van der Waals surface area (Å²) < 4.78 is 0. The molecule has 1 aliphatic heterocycles. The van der Waals surface area contributed by atoms with Gasteiger partial charge in [-0.2, -0.15) is 0 Å². The summed E-state index contributed by atoms with van der Waals surface area (Å²) in [5.41, 5.74) is 2.28. The smallest absolute Gasteiger partial charge is 0.263 e. The summed E-state index contributed by atoms with van der Waals surface area (Å²) in [6, 6.07) is 2.07. The first-order chi connectivity index (χ1) is 14.6. The molecule has 0 spiro atoms. The summed E-state index contributed by atoms with van der Waals surface area (Å²) in [5, 5.41) is 5.34. The number of rotatable bonds is 8. The highest BCUT2D eigenvalue weighted by molar-refractivity contribution is 7.17. The van der Waals surface area contributed by atoms with Gasteiger partial charge in [0.15, 0.2) is 5.13 Å². The SMILES string of the molecule is CCCCC(Cc1c[nH]c2ccncc12)NC(=O)c1cnc(N2CCN(C)CC2)s1. The number of nitrogens with one attached hydrogen (secondary N) is 2. The molecule has 7 nitrogen and oxygen atoms in total. The number of likely N-dealkylation sites (N-methyl/N-ethyl adjacent to an activating group) is 1. The van der Waals surface area contributed by atoms with Crippen molar-refractivity contribution >= 4 is 33.3 Å². The number of fused-ring (bicyclic) bond motifs is 1. The van der Waals surface area contributed by atoms with Crippen LogP contribution in [-0.4, -0.2) is 65.0 Å². The fraction of sp³-hybridized carbons (Fsp3) is 0.500. The number of piperazine rings is 1. The van der Waals surface area contributed by atoms with E-state index in [1.807, 2.05) is 18.5 Å². The van der Waals surface area contributed by atoms with E-state index in [0.29, 0.717) is 4.88 Å². The zero-order valence-corrected chi connectivity index (χ0v) is 18.5. The van der Waals surface area contributed by atoms with Crippen LogP contribution in [0.2, 0.25) is 0 Å². The molecule has 160 valence electrons. The number of aromatic nitrogens is 3. The lowest BCUT2D eigenvalue weighted by molar-refractivity contribution is 0.0938. The normalized spacial score (nSPS) is 16.1. The van der Waals surface area contributed by atoms with Crippen molar-refractivity contribution in [2.24, 2.45) is 0 Å². The Morgan fingerprint density at radius 3 is 2.93 bits per heavy atom. The molecular formula is C22H30N6OS. The molecule has 0 aliphatic carbocycles. The van der Waals surface area contributed by atoms with Gasteiger partial charge in [0, 0.05) is 61.7 Å². The molecule has 1 fully saturated rings. The minimum atomic E-state index is -0.0213. The van der Waals surface area contributed by atoms with Crippen LogP contribution in [0.4, 0.5) is 5.13 Å². The number of anilines is 1. The number of unbranched alkanes of at least 4 members (excludes halogenated alkanes) is 1. The molecule has 0 radical (unpaired) electrons. The molecule has 1 aliphatic rings. The van der Waals surface area contributed by atoms with E-state index in [1.54, 1.807) is 12.4 Å². The maximum absolute atomic E-state index is 13.0. The summed E-state index contributed by atoms with van der Waals surface area (Å²) in [6.45, 7) is 6.15. The number of hydrogen-bond acceptors (Lipinski definition) is 6. The molecule has 0 bridgehead atoms. The van der Waals surface area contributed by atoms with E-state index < -0.39 is 0 Å². The number of carbonyl (C=O) groups excluding carboxylic acids is 1. The van der Waals surface area contributed by atoms with Gasteiger partial charge in [-0.1, -0.05) is 31.1 Å². The number of amides is 1. The summed E-state index contributed by atoms with van der Waals surface area (Å²) in [4.78, 5) is 30.3. The Morgan fingerprint density at radius 1 is 1.30 bits per heavy atom.